The molecule has 2 aromatic rings. The summed E-state index contributed by atoms with van der Waals surface area (Å²) in [5.41, 5.74) is 0.878. The van der Waals surface area contributed by atoms with E-state index in [1.807, 2.05) is 0 Å². The van der Waals surface area contributed by atoms with Crippen molar-refractivity contribution >= 4 is 33.4 Å². The second kappa shape index (κ2) is 8.48. The number of benzene rings is 1. The zero-order valence-corrected chi connectivity index (χ0v) is 16.6. The minimum atomic E-state index is -3.48. The van der Waals surface area contributed by atoms with Gasteiger partial charge >= 0.3 is 5.97 Å². The number of sulfonamides is 1. The Labute approximate surface area is 168 Å². The maximum absolute atomic E-state index is 12.3. The Morgan fingerprint density at radius 2 is 1.86 bits per heavy atom. The zero-order valence-electron chi connectivity index (χ0n) is 15.8. The predicted octanol–water partition coefficient (Wildman–Crippen LogP) is 1.66. The van der Waals surface area contributed by atoms with E-state index in [9.17, 15) is 22.8 Å². The minimum absolute atomic E-state index is 0.102. The van der Waals surface area contributed by atoms with Crippen molar-refractivity contribution in [3.8, 4) is 0 Å². The predicted molar refractivity (Wildman–Crippen MR) is 105 cm³/mol. The third-order valence-electron chi connectivity index (χ3n) is 4.36. The van der Waals surface area contributed by atoms with Gasteiger partial charge in [-0.05, 0) is 37.1 Å². The largest absolute Gasteiger partial charge is 0.454 e. The molecule has 0 saturated carbocycles. The molecule has 9 nitrogen and oxygen atoms in total. The summed E-state index contributed by atoms with van der Waals surface area (Å²) >= 11 is 0. The molecule has 1 aliphatic heterocycles. The number of hydrogen-bond donors (Lipinski definition) is 2. The Kier molecular flexibility index (Phi) is 6.02. The van der Waals surface area contributed by atoms with Gasteiger partial charge in [-0.2, -0.15) is 0 Å². The Morgan fingerprint density at radius 3 is 2.55 bits per heavy atom. The first-order chi connectivity index (χ1) is 13.7. The second-order valence-corrected chi connectivity index (χ2v) is 8.50. The highest BCUT2D eigenvalue weighted by atomic mass is 32.2. The normalized spacial score (nSPS) is 13.9. The van der Waals surface area contributed by atoms with Crippen LogP contribution in [0.3, 0.4) is 0 Å². The lowest BCUT2D eigenvalue weighted by Crippen LogP contribution is -2.27. The van der Waals surface area contributed by atoms with Gasteiger partial charge in [-0.3, -0.25) is 14.3 Å². The quantitative estimate of drug-likeness (QED) is 0.519. The van der Waals surface area contributed by atoms with E-state index in [4.69, 9.17) is 4.74 Å². The fourth-order valence-electron chi connectivity index (χ4n) is 2.99. The SMILES string of the molecule is CS(=O)(=O)Nc1cccc(C(=O)OCC(=O)c2c[nH]c(C(=O)N3CCCC3)c2)c1. The van der Waals surface area contributed by atoms with Gasteiger partial charge < -0.3 is 14.6 Å². The maximum atomic E-state index is 12.3. The molecule has 1 aliphatic rings. The third kappa shape index (κ3) is 5.44. The fourth-order valence-corrected chi connectivity index (χ4v) is 3.55. The summed E-state index contributed by atoms with van der Waals surface area (Å²) in [6.45, 7) is 0.899. The molecule has 29 heavy (non-hydrogen) atoms. The number of ether oxygens (including phenoxy) is 1. The number of nitrogens with zero attached hydrogens (tertiary/aromatic N) is 1. The van der Waals surface area contributed by atoms with E-state index in [1.54, 1.807) is 4.90 Å². The van der Waals surface area contributed by atoms with Crippen molar-refractivity contribution in [1.29, 1.82) is 0 Å². The topological polar surface area (TPSA) is 126 Å². The number of aromatic amines is 1. The van der Waals surface area contributed by atoms with Gasteiger partial charge in [0.1, 0.15) is 5.69 Å². The molecule has 0 unspecified atom stereocenters. The number of esters is 1. The van der Waals surface area contributed by atoms with Crippen LogP contribution in [0.1, 0.15) is 44.0 Å². The van der Waals surface area contributed by atoms with Crippen LogP contribution in [0.15, 0.2) is 36.5 Å². The molecule has 154 valence electrons. The van der Waals surface area contributed by atoms with Crippen LogP contribution >= 0.6 is 0 Å². The van der Waals surface area contributed by atoms with Crippen molar-refractivity contribution in [2.45, 2.75) is 12.8 Å². The van der Waals surface area contributed by atoms with E-state index in [1.165, 1.54) is 36.5 Å². The van der Waals surface area contributed by atoms with Crippen LogP contribution in [-0.4, -0.2) is 61.9 Å². The van der Waals surface area contributed by atoms with Crippen molar-refractivity contribution in [1.82, 2.24) is 9.88 Å². The van der Waals surface area contributed by atoms with Gasteiger partial charge in [-0.25, -0.2) is 13.2 Å². The van der Waals surface area contributed by atoms with Crippen LogP contribution in [0.4, 0.5) is 5.69 Å². The van der Waals surface area contributed by atoms with Crippen molar-refractivity contribution in [2.24, 2.45) is 0 Å². The number of hydrogen-bond acceptors (Lipinski definition) is 6. The van der Waals surface area contributed by atoms with Crippen LogP contribution in [0, 0.1) is 0 Å². The molecule has 0 aliphatic carbocycles. The molecule has 0 radical (unpaired) electrons. The summed E-state index contributed by atoms with van der Waals surface area (Å²) in [5, 5.41) is 0. The van der Waals surface area contributed by atoms with E-state index in [0.29, 0.717) is 18.8 Å². The molecule has 0 bridgehead atoms. The van der Waals surface area contributed by atoms with E-state index >= 15 is 0 Å². The number of anilines is 1. The number of aromatic nitrogens is 1. The molecular weight excluding hydrogens is 398 g/mol. The molecule has 2 N–H and O–H groups in total. The lowest BCUT2D eigenvalue weighted by molar-refractivity contribution is 0.0474. The number of carbonyl (C=O) groups excluding carboxylic acids is 3. The summed E-state index contributed by atoms with van der Waals surface area (Å²) in [5.74, 6) is -1.38. The average Bonchev–Trinajstić information content (AvgIpc) is 3.36. The Hall–Kier alpha value is -3.14. The highest BCUT2D eigenvalue weighted by molar-refractivity contribution is 7.92. The number of rotatable bonds is 7. The maximum Gasteiger partial charge on any atom is 0.338 e. The van der Waals surface area contributed by atoms with Crippen LogP contribution in [0.2, 0.25) is 0 Å². The second-order valence-electron chi connectivity index (χ2n) is 6.76. The molecule has 1 aromatic carbocycles. The number of likely N-dealkylation sites (tertiary alicyclic amines) is 1. The van der Waals surface area contributed by atoms with Gasteiger partial charge in [0.15, 0.2) is 6.61 Å². The number of ketones is 1. The van der Waals surface area contributed by atoms with Crippen molar-refractivity contribution in [3.05, 3.63) is 53.3 Å². The zero-order chi connectivity index (χ0) is 21.0. The Bertz CT molecular complexity index is 1040. The monoisotopic (exact) mass is 419 g/mol. The molecule has 2 heterocycles. The number of nitrogens with one attached hydrogen (secondary N) is 2. The van der Waals surface area contributed by atoms with Gasteiger partial charge in [0.05, 0.1) is 11.8 Å². The highest BCUT2D eigenvalue weighted by Crippen LogP contribution is 2.15. The van der Waals surface area contributed by atoms with E-state index in [2.05, 4.69) is 9.71 Å². The molecule has 1 saturated heterocycles. The first-order valence-corrected chi connectivity index (χ1v) is 10.9. The molecule has 10 heteroatoms. The molecular formula is C19H21N3O6S. The van der Waals surface area contributed by atoms with Gasteiger partial charge in [0, 0.05) is 30.5 Å². The summed E-state index contributed by atoms with van der Waals surface area (Å²) in [7, 11) is -3.48. The van der Waals surface area contributed by atoms with Gasteiger partial charge in [-0.15, -0.1) is 0 Å². The summed E-state index contributed by atoms with van der Waals surface area (Å²) < 4.78 is 29.9. The fraction of sp³-hybridized carbons (Fsp3) is 0.316. The van der Waals surface area contributed by atoms with Gasteiger partial charge in [0.25, 0.3) is 5.91 Å². The lowest BCUT2D eigenvalue weighted by Gasteiger charge is -2.13. The Balaban J connectivity index is 1.59. The van der Waals surface area contributed by atoms with Crippen LogP contribution in [-0.2, 0) is 14.8 Å². The first-order valence-electron chi connectivity index (χ1n) is 8.99. The van der Waals surface area contributed by atoms with Crippen LogP contribution < -0.4 is 4.72 Å². The highest BCUT2D eigenvalue weighted by Gasteiger charge is 2.22. The minimum Gasteiger partial charge on any atom is -0.454 e. The molecule has 1 aromatic heterocycles. The Morgan fingerprint density at radius 1 is 1.14 bits per heavy atom. The molecule has 1 fully saturated rings. The lowest BCUT2D eigenvalue weighted by atomic mass is 10.2. The number of H-pyrrole nitrogens is 1. The number of carbonyl (C=O) groups is 3. The van der Waals surface area contributed by atoms with E-state index in [0.717, 1.165) is 19.1 Å². The smallest absolute Gasteiger partial charge is 0.338 e. The third-order valence-corrected chi connectivity index (χ3v) is 4.97. The number of Topliss-reactive ketones (excluding diaryl/α,β-unsaturated/α-hetero) is 1. The molecule has 1 amide bonds. The van der Waals surface area contributed by atoms with Gasteiger partial charge in [0.2, 0.25) is 15.8 Å². The molecule has 0 atom stereocenters. The van der Waals surface area contributed by atoms with Crippen molar-refractivity contribution in [2.75, 3.05) is 30.7 Å². The summed E-state index contributed by atoms with van der Waals surface area (Å²) in [6, 6.07) is 7.20. The summed E-state index contributed by atoms with van der Waals surface area (Å²) in [6.07, 6.45) is 4.34. The first kappa shape index (κ1) is 20.6. The van der Waals surface area contributed by atoms with Gasteiger partial charge in [-0.1, -0.05) is 6.07 Å². The van der Waals surface area contributed by atoms with E-state index in [-0.39, 0.29) is 22.7 Å². The molecule has 3 rings (SSSR count). The average molecular weight is 419 g/mol. The van der Waals surface area contributed by atoms with Crippen molar-refractivity contribution in [3.63, 3.8) is 0 Å². The van der Waals surface area contributed by atoms with E-state index < -0.39 is 28.4 Å². The molecule has 0 spiro atoms. The van der Waals surface area contributed by atoms with Crippen LogP contribution in [0.25, 0.3) is 0 Å². The van der Waals surface area contributed by atoms with Crippen LogP contribution in [0.5, 0.6) is 0 Å². The standard InChI is InChI=1S/C19H21N3O6S/c1-29(26,27)21-15-6-4-5-13(9-15)19(25)28-12-17(23)14-10-16(20-11-14)18(24)22-7-2-3-8-22/h4-6,9-11,20-21H,2-3,7-8,12H2,1H3. The van der Waals surface area contributed by atoms with Crippen molar-refractivity contribution < 1.29 is 27.5 Å². The number of amides is 1. The summed E-state index contributed by atoms with van der Waals surface area (Å²) in [4.78, 5) is 41.3.